The molecule has 0 aliphatic carbocycles. The van der Waals surface area contributed by atoms with Crippen LogP contribution < -0.4 is 0 Å². The van der Waals surface area contributed by atoms with Gasteiger partial charge >= 0.3 is 5.97 Å². The van der Waals surface area contributed by atoms with Gasteiger partial charge < -0.3 is 9.25 Å². The third-order valence-corrected chi connectivity index (χ3v) is 3.90. The Morgan fingerprint density at radius 3 is 2.54 bits per heavy atom. The monoisotopic (exact) mass is 352 g/mol. The lowest BCUT2D eigenvalue weighted by Crippen LogP contribution is -2.41. The summed E-state index contributed by atoms with van der Waals surface area (Å²) in [5.74, 6) is -3.06. The molecule has 0 saturated heterocycles. The van der Waals surface area contributed by atoms with Crippen molar-refractivity contribution in [2.75, 3.05) is 0 Å². The molecule has 0 fully saturated rings. The largest absolute Gasteiger partial charge is 0.457 e. The van der Waals surface area contributed by atoms with Crippen LogP contribution in [0.15, 0.2) is 53.1 Å². The topological polar surface area (TPSA) is 120 Å². The summed E-state index contributed by atoms with van der Waals surface area (Å²) in [6.07, 6.45) is 1.23. The van der Waals surface area contributed by atoms with E-state index in [2.05, 4.69) is 0 Å². The molecule has 2 heterocycles. The zero-order valence-electron chi connectivity index (χ0n) is 12.9. The summed E-state index contributed by atoms with van der Waals surface area (Å²) in [5, 5.41) is 12.0. The Hall–Kier alpha value is -4.01. The molecule has 0 radical (unpaired) electrons. The van der Waals surface area contributed by atoms with E-state index in [0.717, 1.165) is 6.07 Å². The van der Waals surface area contributed by atoms with Gasteiger partial charge in [0.2, 0.25) is 5.76 Å². The minimum atomic E-state index is -1.04. The molecule has 9 heteroatoms. The zero-order valence-corrected chi connectivity index (χ0v) is 12.9. The molecular weight excluding hydrogens is 344 g/mol. The highest BCUT2D eigenvalue weighted by Crippen LogP contribution is 2.33. The molecule has 2 aromatic carbocycles. The van der Waals surface area contributed by atoms with Crippen molar-refractivity contribution in [2.45, 2.75) is 0 Å². The Kier molecular flexibility index (Phi) is 3.29. The molecule has 0 N–H and O–H groups in total. The number of hydrogen-bond acceptors (Lipinski definition) is 7. The van der Waals surface area contributed by atoms with E-state index in [1.54, 1.807) is 6.07 Å². The quantitative estimate of drug-likeness (QED) is 0.404. The minimum Gasteiger partial charge on any atom is -0.457 e. The molecule has 26 heavy (non-hydrogen) atoms. The van der Waals surface area contributed by atoms with E-state index < -0.39 is 22.7 Å². The summed E-state index contributed by atoms with van der Waals surface area (Å²) >= 11 is 0. The molecule has 0 saturated carbocycles. The number of rotatable bonds is 3. The second kappa shape index (κ2) is 5.52. The van der Waals surface area contributed by atoms with Crippen LogP contribution in [0, 0.1) is 10.1 Å². The highest BCUT2D eigenvalue weighted by molar-refractivity contribution is 6.25. The average molecular weight is 352 g/mol. The van der Waals surface area contributed by atoms with Crippen molar-refractivity contribution in [2.24, 2.45) is 0 Å². The summed E-state index contributed by atoms with van der Waals surface area (Å²) in [7, 11) is 0. The maximum Gasteiger partial charge on any atom is 0.398 e. The van der Waals surface area contributed by atoms with Crippen molar-refractivity contribution >= 4 is 34.2 Å². The highest BCUT2D eigenvalue weighted by Gasteiger charge is 2.37. The van der Waals surface area contributed by atoms with Gasteiger partial charge in [-0.1, -0.05) is 17.2 Å². The zero-order chi connectivity index (χ0) is 18.4. The number of furan rings is 1. The average Bonchev–Trinajstić information content (AvgIpc) is 3.17. The van der Waals surface area contributed by atoms with Crippen LogP contribution in [0.5, 0.6) is 0 Å². The minimum absolute atomic E-state index is 0.0965. The number of carbonyl (C=O) groups excluding carboxylic acids is 3. The second-order valence-electron chi connectivity index (χ2n) is 5.41. The molecule has 0 spiro atoms. The molecule has 128 valence electrons. The molecule has 0 atom stereocenters. The summed E-state index contributed by atoms with van der Waals surface area (Å²) < 4.78 is 4.87. The lowest BCUT2D eigenvalue weighted by molar-refractivity contribution is -0.384. The first kappa shape index (κ1) is 15.5. The fourth-order valence-electron chi connectivity index (χ4n) is 2.78. The van der Waals surface area contributed by atoms with E-state index in [4.69, 9.17) is 9.25 Å². The van der Waals surface area contributed by atoms with Crippen LogP contribution in [-0.4, -0.2) is 27.8 Å². The second-order valence-corrected chi connectivity index (χ2v) is 5.41. The van der Waals surface area contributed by atoms with E-state index in [1.807, 2.05) is 0 Å². The lowest BCUT2D eigenvalue weighted by atomic mass is 9.94. The molecule has 1 aliphatic heterocycles. The fraction of sp³-hybridized carbons (Fsp3) is 0. The van der Waals surface area contributed by atoms with Crippen molar-refractivity contribution in [3.63, 3.8) is 0 Å². The third-order valence-electron chi connectivity index (χ3n) is 3.90. The number of nitrogens with zero attached hydrogens (tertiary/aromatic N) is 2. The van der Waals surface area contributed by atoms with Gasteiger partial charge in [0.05, 0.1) is 22.3 Å². The molecular formula is C17H8N2O7. The Morgan fingerprint density at radius 2 is 1.85 bits per heavy atom. The van der Waals surface area contributed by atoms with E-state index >= 15 is 0 Å². The number of benzene rings is 2. The predicted molar refractivity (Wildman–Crippen MR) is 85.2 cm³/mol. The Morgan fingerprint density at radius 1 is 1.08 bits per heavy atom. The van der Waals surface area contributed by atoms with Gasteiger partial charge in [-0.25, -0.2) is 4.79 Å². The number of nitro benzene ring substituents is 1. The van der Waals surface area contributed by atoms with E-state index in [1.165, 1.54) is 36.6 Å². The number of hydroxylamine groups is 2. The summed E-state index contributed by atoms with van der Waals surface area (Å²) in [4.78, 5) is 52.6. The van der Waals surface area contributed by atoms with Gasteiger partial charge in [0.1, 0.15) is 0 Å². The Balaban J connectivity index is 1.84. The Labute approximate surface area is 144 Å². The van der Waals surface area contributed by atoms with Gasteiger partial charge in [-0.05, 0) is 23.6 Å². The fourth-order valence-corrected chi connectivity index (χ4v) is 2.78. The van der Waals surface area contributed by atoms with Crippen molar-refractivity contribution in [3.05, 3.63) is 75.7 Å². The SMILES string of the molecule is O=C(ON1C(=O)c2cccc3cc([N+](=O)[O-])cc(c23)C1=O)c1ccco1. The summed E-state index contributed by atoms with van der Waals surface area (Å²) in [6, 6.07) is 9.59. The molecule has 2 amide bonds. The van der Waals surface area contributed by atoms with Crippen molar-refractivity contribution in [3.8, 4) is 0 Å². The number of non-ortho nitro benzene ring substituents is 1. The third kappa shape index (κ3) is 2.22. The smallest absolute Gasteiger partial charge is 0.398 e. The highest BCUT2D eigenvalue weighted by atomic mass is 16.7. The van der Waals surface area contributed by atoms with Crippen LogP contribution in [0.25, 0.3) is 10.8 Å². The Bertz CT molecular complexity index is 1100. The summed E-state index contributed by atoms with van der Waals surface area (Å²) in [6.45, 7) is 0. The maximum absolute atomic E-state index is 12.7. The van der Waals surface area contributed by atoms with Crippen LogP contribution in [-0.2, 0) is 4.84 Å². The molecule has 3 aromatic rings. The van der Waals surface area contributed by atoms with Gasteiger partial charge in [-0.15, -0.1) is 0 Å². The van der Waals surface area contributed by atoms with Gasteiger partial charge in [0.25, 0.3) is 17.5 Å². The molecule has 0 bridgehead atoms. The van der Waals surface area contributed by atoms with Crippen LogP contribution in [0.2, 0.25) is 0 Å². The van der Waals surface area contributed by atoms with Crippen molar-refractivity contribution in [1.82, 2.24) is 5.06 Å². The molecule has 4 rings (SSSR count). The standard InChI is InChI=1S/C17H8N2O7/c20-15-11-4-1-3-9-7-10(19(23)24)8-12(14(9)11)16(21)18(15)26-17(22)13-5-2-6-25-13/h1-8H. The number of hydrogen-bond donors (Lipinski definition) is 0. The van der Waals surface area contributed by atoms with Crippen LogP contribution in [0.4, 0.5) is 5.69 Å². The number of carbonyl (C=O) groups is 3. The maximum atomic E-state index is 12.7. The normalized spacial score (nSPS) is 13.2. The van der Waals surface area contributed by atoms with E-state index in [-0.39, 0.29) is 33.0 Å². The van der Waals surface area contributed by atoms with Gasteiger partial charge in [0.15, 0.2) is 0 Å². The van der Waals surface area contributed by atoms with Gasteiger partial charge in [-0.2, -0.15) is 0 Å². The first-order valence-electron chi connectivity index (χ1n) is 7.33. The number of imide groups is 1. The molecule has 1 aromatic heterocycles. The molecule has 1 aliphatic rings. The van der Waals surface area contributed by atoms with Crippen LogP contribution in [0.3, 0.4) is 0 Å². The first-order valence-corrected chi connectivity index (χ1v) is 7.33. The van der Waals surface area contributed by atoms with Gasteiger partial charge in [0, 0.05) is 17.5 Å². The summed E-state index contributed by atoms with van der Waals surface area (Å²) in [5.41, 5.74) is -0.319. The van der Waals surface area contributed by atoms with Crippen LogP contribution in [0.1, 0.15) is 31.3 Å². The van der Waals surface area contributed by atoms with Gasteiger partial charge in [-0.3, -0.25) is 19.7 Å². The lowest BCUT2D eigenvalue weighted by Gasteiger charge is -2.24. The first-order chi connectivity index (χ1) is 12.5. The van der Waals surface area contributed by atoms with Crippen molar-refractivity contribution in [1.29, 1.82) is 0 Å². The number of amides is 2. The number of nitro groups is 1. The predicted octanol–water partition coefficient (Wildman–Crippen LogP) is 2.71. The van der Waals surface area contributed by atoms with Crippen molar-refractivity contribution < 1.29 is 28.6 Å². The van der Waals surface area contributed by atoms with E-state index in [9.17, 15) is 24.5 Å². The molecule has 9 nitrogen and oxygen atoms in total. The van der Waals surface area contributed by atoms with Crippen LogP contribution >= 0.6 is 0 Å². The van der Waals surface area contributed by atoms with E-state index in [0.29, 0.717) is 5.39 Å². The molecule has 0 unspecified atom stereocenters.